The van der Waals surface area contributed by atoms with E-state index in [4.69, 9.17) is 4.74 Å². The third-order valence-electron chi connectivity index (χ3n) is 3.22. The maximum atomic E-state index is 12.1. The van der Waals surface area contributed by atoms with Gasteiger partial charge in [-0.3, -0.25) is 9.59 Å². The number of carbonyl (C=O) groups is 2. The number of ether oxygens (including phenoxy) is 1. The van der Waals surface area contributed by atoms with Gasteiger partial charge in [0, 0.05) is 0 Å². The molecule has 0 aliphatic heterocycles. The van der Waals surface area contributed by atoms with Crippen molar-refractivity contribution in [2.75, 3.05) is 6.61 Å². The molecule has 0 spiro atoms. The van der Waals surface area contributed by atoms with E-state index in [1.165, 1.54) is 6.08 Å². The summed E-state index contributed by atoms with van der Waals surface area (Å²) < 4.78 is 5.07. The minimum atomic E-state index is -1.04. The SMILES string of the molecule is CCOC(=O)C1(Cc2ccccc2)CC=CC1=O. The van der Waals surface area contributed by atoms with Crippen molar-refractivity contribution in [3.8, 4) is 0 Å². The van der Waals surface area contributed by atoms with Gasteiger partial charge in [0.25, 0.3) is 0 Å². The number of hydrogen-bond acceptors (Lipinski definition) is 3. The second kappa shape index (κ2) is 5.17. The number of ketones is 1. The fourth-order valence-electron chi connectivity index (χ4n) is 2.26. The lowest BCUT2D eigenvalue weighted by Gasteiger charge is -2.24. The standard InChI is InChI=1S/C15H16O3/c1-2-18-14(17)15(10-6-9-13(15)16)11-12-7-4-3-5-8-12/h3-9H,2,10-11H2,1H3. The van der Waals surface area contributed by atoms with E-state index in [9.17, 15) is 9.59 Å². The minimum absolute atomic E-state index is 0.148. The molecule has 1 aromatic carbocycles. The molecule has 0 saturated heterocycles. The summed E-state index contributed by atoms with van der Waals surface area (Å²) in [5.41, 5.74) is -0.0696. The number of allylic oxidation sites excluding steroid dienone is 2. The van der Waals surface area contributed by atoms with Crippen LogP contribution in [-0.2, 0) is 20.7 Å². The van der Waals surface area contributed by atoms with Gasteiger partial charge in [-0.05, 0) is 31.4 Å². The van der Waals surface area contributed by atoms with Crippen LogP contribution in [0.25, 0.3) is 0 Å². The zero-order chi connectivity index (χ0) is 13.0. The molecule has 94 valence electrons. The molecule has 1 atom stereocenters. The van der Waals surface area contributed by atoms with Gasteiger partial charge in [0.05, 0.1) is 6.61 Å². The molecule has 18 heavy (non-hydrogen) atoms. The first-order valence-corrected chi connectivity index (χ1v) is 6.11. The maximum absolute atomic E-state index is 12.1. The highest BCUT2D eigenvalue weighted by Gasteiger charge is 2.47. The molecule has 1 aromatic rings. The predicted molar refractivity (Wildman–Crippen MR) is 68.0 cm³/mol. The first-order chi connectivity index (χ1) is 8.69. The molecular weight excluding hydrogens is 228 g/mol. The molecule has 0 radical (unpaired) electrons. The largest absolute Gasteiger partial charge is 0.465 e. The third-order valence-corrected chi connectivity index (χ3v) is 3.22. The summed E-state index contributed by atoms with van der Waals surface area (Å²) in [5.74, 6) is -0.561. The van der Waals surface area contributed by atoms with E-state index >= 15 is 0 Å². The summed E-state index contributed by atoms with van der Waals surface area (Å²) in [6.45, 7) is 2.05. The molecular formula is C15H16O3. The molecule has 0 N–H and O–H groups in total. The summed E-state index contributed by atoms with van der Waals surface area (Å²) in [7, 11) is 0. The molecule has 0 aromatic heterocycles. The molecule has 0 amide bonds. The Morgan fingerprint density at radius 2 is 2.06 bits per heavy atom. The first-order valence-electron chi connectivity index (χ1n) is 6.11. The van der Waals surface area contributed by atoms with Gasteiger partial charge in [0.15, 0.2) is 5.78 Å². The van der Waals surface area contributed by atoms with Crippen LogP contribution in [0.4, 0.5) is 0 Å². The number of hydrogen-bond donors (Lipinski definition) is 0. The van der Waals surface area contributed by atoms with E-state index in [-0.39, 0.29) is 5.78 Å². The lowest BCUT2D eigenvalue weighted by Crippen LogP contribution is -2.39. The van der Waals surface area contributed by atoms with Gasteiger partial charge in [-0.15, -0.1) is 0 Å². The Morgan fingerprint density at radius 1 is 1.33 bits per heavy atom. The Hall–Kier alpha value is -1.90. The summed E-state index contributed by atoms with van der Waals surface area (Å²) in [6, 6.07) is 9.57. The van der Waals surface area contributed by atoms with Crippen LogP contribution < -0.4 is 0 Å². The van der Waals surface area contributed by atoms with Gasteiger partial charge >= 0.3 is 5.97 Å². The molecule has 0 fully saturated rings. The second-order valence-electron chi connectivity index (χ2n) is 4.44. The summed E-state index contributed by atoms with van der Waals surface area (Å²) in [5, 5.41) is 0. The van der Waals surface area contributed by atoms with Crippen LogP contribution in [0.2, 0.25) is 0 Å². The Morgan fingerprint density at radius 3 is 2.61 bits per heavy atom. The van der Waals surface area contributed by atoms with Crippen molar-refractivity contribution in [3.63, 3.8) is 0 Å². The number of benzene rings is 1. The van der Waals surface area contributed by atoms with Gasteiger partial charge in [0.1, 0.15) is 5.41 Å². The predicted octanol–water partition coefficient (Wildman–Crippen LogP) is 2.31. The van der Waals surface area contributed by atoms with Crippen LogP contribution in [0.15, 0.2) is 42.5 Å². The Balaban J connectivity index is 2.27. The fraction of sp³-hybridized carbons (Fsp3) is 0.333. The topological polar surface area (TPSA) is 43.4 Å². The van der Waals surface area contributed by atoms with E-state index in [0.29, 0.717) is 19.4 Å². The van der Waals surface area contributed by atoms with Gasteiger partial charge in [-0.1, -0.05) is 36.4 Å². The van der Waals surface area contributed by atoms with Crippen LogP contribution in [0.5, 0.6) is 0 Å². The monoisotopic (exact) mass is 244 g/mol. The molecule has 0 bridgehead atoms. The van der Waals surface area contributed by atoms with Crippen LogP contribution in [0, 0.1) is 5.41 Å². The van der Waals surface area contributed by atoms with Gasteiger partial charge in [0.2, 0.25) is 0 Å². The highest BCUT2D eigenvalue weighted by Crippen LogP contribution is 2.35. The molecule has 2 rings (SSSR count). The van der Waals surface area contributed by atoms with Crippen molar-refractivity contribution in [2.24, 2.45) is 5.41 Å². The van der Waals surface area contributed by atoms with E-state index < -0.39 is 11.4 Å². The molecule has 0 heterocycles. The highest BCUT2D eigenvalue weighted by atomic mass is 16.5. The number of carbonyl (C=O) groups excluding carboxylic acids is 2. The Kier molecular flexibility index (Phi) is 3.60. The van der Waals surface area contributed by atoms with Crippen molar-refractivity contribution in [1.29, 1.82) is 0 Å². The van der Waals surface area contributed by atoms with Crippen LogP contribution in [-0.4, -0.2) is 18.4 Å². The maximum Gasteiger partial charge on any atom is 0.320 e. The molecule has 3 nitrogen and oxygen atoms in total. The van der Waals surface area contributed by atoms with Crippen molar-refractivity contribution in [1.82, 2.24) is 0 Å². The third kappa shape index (κ3) is 2.21. The average Bonchev–Trinajstić information content (AvgIpc) is 2.74. The zero-order valence-corrected chi connectivity index (χ0v) is 10.4. The fourth-order valence-corrected chi connectivity index (χ4v) is 2.26. The number of rotatable bonds is 4. The molecule has 1 aliphatic rings. The van der Waals surface area contributed by atoms with Crippen molar-refractivity contribution < 1.29 is 14.3 Å². The molecule has 1 aliphatic carbocycles. The van der Waals surface area contributed by atoms with Crippen molar-refractivity contribution in [3.05, 3.63) is 48.0 Å². The van der Waals surface area contributed by atoms with Gasteiger partial charge in [-0.2, -0.15) is 0 Å². The quantitative estimate of drug-likeness (QED) is 0.603. The summed E-state index contributed by atoms with van der Waals surface area (Å²) >= 11 is 0. The summed E-state index contributed by atoms with van der Waals surface area (Å²) in [4.78, 5) is 24.1. The van der Waals surface area contributed by atoms with Crippen LogP contribution in [0.3, 0.4) is 0 Å². The van der Waals surface area contributed by atoms with Crippen LogP contribution >= 0.6 is 0 Å². The second-order valence-corrected chi connectivity index (χ2v) is 4.44. The average molecular weight is 244 g/mol. The zero-order valence-electron chi connectivity index (χ0n) is 10.4. The van der Waals surface area contributed by atoms with E-state index in [1.807, 2.05) is 30.3 Å². The van der Waals surface area contributed by atoms with Crippen molar-refractivity contribution in [2.45, 2.75) is 19.8 Å². The Bertz CT molecular complexity index is 476. The van der Waals surface area contributed by atoms with E-state index in [0.717, 1.165) is 5.56 Å². The highest BCUT2D eigenvalue weighted by molar-refractivity contribution is 6.11. The molecule has 1 unspecified atom stereocenters. The van der Waals surface area contributed by atoms with Crippen molar-refractivity contribution >= 4 is 11.8 Å². The summed E-state index contributed by atoms with van der Waals surface area (Å²) in [6.07, 6.45) is 4.07. The van der Waals surface area contributed by atoms with E-state index in [2.05, 4.69) is 0 Å². The molecule has 0 saturated carbocycles. The van der Waals surface area contributed by atoms with Gasteiger partial charge in [-0.25, -0.2) is 0 Å². The van der Waals surface area contributed by atoms with E-state index in [1.54, 1.807) is 13.0 Å². The lowest BCUT2D eigenvalue weighted by atomic mass is 9.78. The minimum Gasteiger partial charge on any atom is -0.465 e. The first kappa shape index (κ1) is 12.6. The van der Waals surface area contributed by atoms with Gasteiger partial charge < -0.3 is 4.74 Å². The lowest BCUT2D eigenvalue weighted by molar-refractivity contribution is -0.158. The smallest absolute Gasteiger partial charge is 0.320 e. The normalized spacial score (nSPS) is 22.2. The number of esters is 1. The van der Waals surface area contributed by atoms with Crippen LogP contribution in [0.1, 0.15) is 18.9 Å². The molecule has 3 heteroatoms. The Labute approximate surface area is 106 Å².